The van der Waals surface area contributed by atoms with E-state index < -0.39 is 0 Å². The molecule has 2 rings (SSSR count). The molecule has 0 bridgehead atoms. The van der Waals surface area contributed by atoms with Gasteiger partial charge in [-0.15, -0.1) is 0 Å². The second kappa shape index (κ2) is 7.69. The van der Waals surface area contributed by atoms with Gasteiger partial charge in [-0.25, -0.2) is 0 Å². The molecule has 0 radical (unpaired) electrons. The Balaban J connectivity index is 1.66. The molecule has 2 amide bonds. The summed E-state index contributed by atoms with van der Waals surface area (Å²) in [6.45, 7) is 0.689. The highest BCUT2D eigenvalue weighted by molar-refractivity contribution is 5.92. The topological polar surface area (TPSA) is 71.3 Å². The second-order valence-electron chi connectivity index (χ2n) is 4.27. The van der Waals surface area contributed by atoms with Gasteiger partial charge in [0, 0.05) is 19.2 Å². The van der Waals surface area contributed by atoms with E-state index in [1.54, 1.807) is 18.2 Å². The van der Waals surface area contributed by atoms with Gasteiger partial charge in [0.25, 0.3) is 5.91 Å². The highest BCUT2D eigenvalue weighted by Gasteiger charge is 2.06. The Bertz CT molecular complexity index is 604. The third-order valence-corrected chi connectivity index (χ3v) is 2.68. The minimum Gasteiger partial charge on any atom is -0.459 e. The van der Waals surface area contributed by atoms with E-state index in [1.807, 2.05) is 30.3 Å². The van der Waals surface area contributed by atoms with Crippen LogP contribution in [0.1, 0.15) is 16.1 Å². The monoisotopic (exact) mass is 284 g/mol. The molecule has 2 N–H and O–H groups in total. The molecule has 0 atom stereocenters. The van der Waals surface area contributed by atoms with Gasteiger partial charge in [0.15, 0.2) is 5.76 Å². The van der Waals surface area contributed by atoms with E-state index in [0.717, 1.165) is 5.56 Å². The molecule has 1 aromatic heterocycles. The maximum absolute atomic E-state index is 11.6. The van der Waals surface area contributed by atoms with E-state index in [0.29, 0.717) is 13.1 Å². The Morgan fingerprint density at radius 1 is 1.00 bits per heavy atom. The van der Waals surface area contributed by atoms with E-state index in [2.05, 4.69) is 10.6 Å². The van der Waals surface area contributed by atoms with E-state index in [1.165, 1.54) is 12.3 Å². The van der Waals surface area contributed by atoms with Crippen molar-refractivity contribution in [2.75, 3.05) is 13.1 Å². The van der Waals surface area contributed by atoms with Crippen LogP contribution in [0.4, 0.5) is 0 Å². The van der Waals surface area contributed by atoms with Crippen LogP contribution in [0.5, 0.6) is 0 Å². The summed E-state index contributed by atoms with van der Waals surface area (Å²) >= 11 is 0. The number of furan rings is 1. The Morgan fingerprint density at radius 2 is 1.76 bits per heavy atom. The van der Waals surface area contributed by atoms with E-state index >= 15 is 0 Å². The maximum Gasteiger partial charge on any atom is 0.287 e. The summed E-state index contributed by atoms with van der Waals surface area (Å²) in [6, 6.07) is 12.8. The van der Waals surface area contributed by atoms with Gasteiger partial charge in [-0.1, -0.05) is 30.3 Å². The van der Waals surface area contributed by atoms with Crippen molar-refractivity contribution in [3.63, 3.8) is 0 Å². The zero-order valence-electron chi connectivity index (χ0n) is 11.4. The fourth-order valence-corrected chi connectivity index (χ4v) is 1.65. The van der Waals surface area contributed by atoms with E-state index in [9.17, 15) is 9.59 Å². The van der Waals surface area contributed by atoms with Crippen molar-refractivity contribution in [1.29, 1.82) is 0 Å². The first-order valence-corrected chi connectivity index (χ1v) is 6.58. The molecule has 1 heterocycles. The van der Waals surface area contributed by atoms with Crippen LogP contribution in [0, 0.1) is 0 Å². The van der Waals surface area contributed by atoms with Crippen molar-refractivity contribution in [3.05, 3.63) is 66.1 Å². The third-order valence-electron chi connectivity index (χ3n) is 2.68. The van der Waals surface area contributed by atoms with Crippen molar-refractivity contribution in [3.8, 4) is 0 Å². The quantitative estimate of drug-likeness (QED) is 0.628. The van der Waals surface area contributed by atoms with Crippen LogP contribution >= 0.6 is 0 Å². The van der Waals surface area contributed by atoms with Crippen LogP contribution in [-0.2, 0) is 4.79 Å². The Hall–Kier alpha value is -2.82. The van der Waals surface area contributed by atoms with Gasteiger partial charge < -0.3 is 15.1 Å². The molecule has 0 saturated heterocycles. The molecule has 21 heavy (non-hydrogen) atoms. The molecular weight excluding hydrogens is 268 g/mol. The zero-order chi connectivity index (χ0) is 14.9. The lowest BCUT2D eigenvalue weighted by Crippen LogP contribution is -2.33. The van der Waals surface area contributed by atoms with Crippen molar-refractivity contribution in [1.82, 2.24) is 10.6 Å². The van der Waals surface area contributed by atoms with Gasteiger partial charge in [0.05, 0.1) is 6.26 Å². The molecule has 0 aliphatic rings. The molecular formula is C16H16N2O3. The summed E-state index contributed by atoms with van der Waals surface area (Å²) in [5, 5.41) is 5.33. The first kappa shape index (κ1) is 14.6. The summed E-state index contributed by atoms with van der Waals surface area (Å²) in [4.78, 5) is 23.1. The Morgan fingerprint density at radius 3 is 2.48 bits per heavy atom. The van der Waals surface area contributed by atoms with Gasteiger partial charge in [-0.2, -0.15) is 0 Å². The van der Waals surface area contributed by atoms with Crippen molar-refractivity contribution >= 4 is 17.9 Å². The number of carbonyl (C=O) groups excluding carboxylic acids is 2. The molecule has 1 aromatic carbocycles. The standard InChI is InChI=1S/C16H16N2O3/c19-15(9-8-13-5-2-1-3-6-13)17-10-11-18-16(20)14-7-4-12-21-14/h1-9,12H,10-11H2,(H,17,19)(H,18,20)/b9-8+. The number of hydrogen-bond donors (Lipinski definition) is 2. The molecule has 0 spiro atoms. The molecule has 0 fully saturated rings. The van der Waals surface area contributed by atoms with Crippen molar-refractivity contribution < 1.29 is 14.0 Å². The smallest absolute Gasteiger partial charge is 0.287 e. The molecule has 108 valence electrons. The molecule has 0 saturated carbocycles. The SMILES string of the molecule is O=C(/C=C/c1ccccc1)NCCNC(=O)c1ccco1. The number of hydrogen-bond acceptors (Lipinski definition) is 3. The molecule has 2 aromatic rings. The van der Waals surface area contributed by atoms with Gasteiger partial charge in [-0.05, 0) is 23.8 Å². The fourth-order valence-electron chi connectivity index (χ4n) is 1.65. The van der Waals surface area contributed by atoms with Crippen LogP contribution in [0.25, 0.3) is 6.08 Å². The van der Waals surface area contributed by atoms with Crippen molar-refractivity contribution in [2.24, 2.45) is 0 Å². The lowest BCUT2D eigenvalue weighted by atomic mass is 10.2. The lowest BCUT2D eigenvalue weighted by molar-refractivity contribution is -0.116. The summed E-state index contributed by atoms with van der Waals surface area (Å²) in [6.07, 6.45) is 4.63. The number of carbonyl (C=O) groups is 2. The Labute approximate surface area is 122 Å². The fraction of sp³-hybridized carbons (Fsp3) is 0.125. The summed E-state index contributed by atoms with van der Waals surface area (Å²) in [7, 11) is 0. The van der Waals surface area contributed by atoms with E-state index in [-0.39, 0.29) is 17.6 Å². The maximum atomic E-state index is 11.6. The average Bonchev–Trinajstić information content (AvgIpc) is 3.05. The number of nitrogens with one attached hydrogen (secondary N) is 2. The molecule has 5 nitrogen and oxygen atoms in total. The number of amides is 2. The highest BCUT2D eigenvalue weighted by Crippen LogP contribution is 2.00. The van der Waals surface area contributed by atoms with Crippen molar-refractivity contribution in [2.45, 2.75) is 0 Å². The number of rotatable bonds is 6. The van der Waals surface area contributed by atoms with Gasteiger partial charge >= 0.3 is 0 Å². The van der Waals surface area contributed by atoms with Crippen LogP contribution in [-0.4, -0.2) is 24.9 Å². The minimum absolute atomic E-state index is 0.203. The predicted molar refractivity (Wildman–Crippen MR) is 79.5 cm³/mol. The first-order chi connectivity index (χ1) is 10.3. The Kier molecular flexibility index (Phi) is 5.34. The van der Waals surface area contributed by atoms with Gasteiger partial charge in [-0.3, -0.25) is 9.59 Å². The summed E-state index contributed by atoms with van der Waals surface area (Å²) in [5.74, 6) is -0.245. The van der Waals surface area contributed by atoms with Crippen LogP contribution in [0.15, 0.2) is 59.2 Å². The lowest BCUT2D eigenvalue weighted by Gasteiger charge is -2.03. The molecule has 5 heteroatoms. The molecule has 0 unspecified atom stereocenters. The van der Waals surface area contributed by atoms with Gasteiger partial charge in [0.2, 0.25) is 5.91 Å². The highest BCUT2D eigenvalue weighted by atomic mass is 16.3. The minimum atomic E-state index is -0.297. The number of benzene rings is 1. The third kappa shape index (κ3) is 4.99. The van der Waals surface area contributed by atoms with Crippen LogP contribution < -0.4 is 10.6 Å². The molecule has 0 aliphatic heterocycles. The summed E-state index contributed by atoms with van der Waals surface area (Å²) in [5.41, 5.74) is 0.957. The zero-order valence-corrected chi connectivity index (χ0v) is 11.4. The molecule has 0 aliphatic carbocycles. The second-order valence-corrected chi connectivity index (χ2v) is 4.27. The predicted octanol–water partition coefficient (Wildman–Crippen LogP) is 1.84. The summed E-state index contributed by atoms with van der Waals surface area (Å²) < 4.78 is 4.95. The van der Waals surface area contributed by atoms with Crippen LogP contribution in [0.3, 0.4) is 0 Å². The van der Waals surface area contributed by atoms with Gasteiger partial charge in [0.1, 0.15) is 0 Å². The normalized spacial score (nSPS) is 10.5. The van der Waals surface area contributed by atoms with E-state index in [4.69, 9.17) is 4.42 Å². The average molecular weight is 284 g/mol. The van der Waals surface area contributed by atoms with Crippen LogP contribution in [0.2, 0.25) is 0 Å². The largest absolute Gasteiger partial charge is 0.459 e. The first-order valence-electron chi connectivity index (χ1n) is 6.58.